The average molecular weight is 318 g/mol. The van der Waals surface area contributed by atoms with Crippen LogP contribution in [-0.4, -0.2) is 23.2 Å². The molecule has 1 aromatic heterocycles. The van der Waals surface area contributed by atoms with Crippen LogP contribution in [0.15, 0.2) is 28.8 Å². The van der Waals surface area contributed by atoms with Crippen molar-refractivity contribution in [3.05, 3.63) is 41.5 Å². The van der Waals surface area contributed by atoms with E-state index in [9.17, 15) is 4.79 Å². The van der Waals surface area contributed by atoms with Gasteiger partial charge in [-0.05, 0) is 13.0 Å². The molecule has 0 saturated carbocycles. The summed E-state index contributed by atoms with van der Waals surface area (Å²) in [7, 11) is 1.57. The van der Waals surface area contributed by atoms with Gasteiger partial charge in [-0.1, -0.05) is 44.1 Å². The zero-order valence-corrected chi connectivity index (χ0v) is 14.1. The molecule has 0 spiro atoms. The van der Waals surface area contributed by atoms with Crippen molar-refractivity contribution in [2.24, 2.45) is 0 Å². The minimum atomic E-state index is -0.596. The molecule has 1 heterocycles. The monoisotopic (exact) mass is 318 g/mol. The summed E-state index contributed by atoms with van der Waals surface area (Å²) in [6, 6.07) is 7.33. The van der Waals surface area contributed by atoms with E-state index in [0.29, 0.717) is 17.5 Å². The predicted octanol–water partition coefficient (Wildman–Crippen LogP) is 3.22. The molecule has 0 amide bonds. The summed E-state index contributed by atoms with van der Waals surface area (Å²) in [5, 5.41) is 3.93. The summed E-state index contributed by atoms with van der Waals surface area (Å²) >= 11 is 0. The van der Waals surface area contributed by atoms with E-state index in [2.05, 4.69) is 10.1 Å². The zero-order valence-electron chi connectivity index (χ0n) is 14.1. The van der Waals surface area contributed by atoms with Gasteiger partial charge in [0.15, 0.2) is 11.9 Å². The number of para-hydroxylation sites is 1. The first-order chi connectivity index (χ1) is 10.8. The predicted molar refractivity (Wildman–Crippen MR) is 84.2 cm³/mol. The Morgan fingerprint density at radius 1 is 1.30 bits per heavy atom. The van der Waals surface area contributed by atoms with E-state index in [0.717, 1.165) is 5.56 Å². The number of methoxy groups -OCH3 is 1. The SMILES string of the molecule is COc1ccccc1CC(=O)OC(C)c1nc(C(C)(C)C)no1. The second-order valence-corrected chi connectivity index (χ2v) is 6.33. The number of aromatic nitrogens is 2. The molecule has 0 N–H and O–H groups in total. The van der Waals surface area contributed by atoms with E-state index in [1.807, 2.05) is 39.0 Å². The van der Waals surface area contributed by atoms with Gasteiger partial charge in [-0.2, -0.15) is 4.98 Å². The first kappa shape index (κ1) is 17.0. The number of carbonyl (C=O) groups excluding carboxylic acids is 1. The van der Waals surface area contributed by atoms with Gasteiger partial charge in [0.1, 0.15) is 5.75 Å². The van der Waals surface area contributed by atoms with Crippen LogP contribution in [0.25, 0.3) is 0 Å². The summed E-state index contributed by atoms with van der Waals surface area (Å²) in [6.45, 7) is 7.67. The van der Waals surface area contributed by atoms with Crippen molar-refractivity contribution < 1.29 is 18.8 Å². The molecule has 6 nitrogen and oxygen atoms in total. The lowest BCUT2D eigenvalue weighted by molar-refractivity contribution is -0.148. The van der Waals surface area contributed by atoms with E-state index in [-0.39, 0.29) is 17.8 Å². The Balaban J connectivity index is 2.01. The largest absolute Gasteiger partial charge is 0.496 e. The standard InChI is InChI=1S/C17H22N2O4/c1-11(15-18-16(19-23-15)17(2,3)4)22-14(20)10-12-8-6-7-9-13(12)21-5/h6-9,11H,10H2,1-5H3. The van der Waals surface area contributed by atoms with Gasteiger partial charge in [-0.25, -0.2) is 0 Å². The first-order valence-corrected chi connectivity index (χ1v) is 7.46. The van der Waals surface area contributed by atoms with Crippen molar-refractivity contribution in [3.63, 3.8) is 0 Å². The van der Waals surface area contributed by atoms with Crippen LogP contribution in [0, 0.1) is 0 Å². The Morgan fingerprint density at radius 3 is 2.61 bits per heavy atom. The van der Waals surface area contributed by atoms with Crippen LogP contribution in [0.2, 0.25) is 0 Å². The van der Waals surface area contributed by atoms with Crippen LogP contribution >= 0.6 is 0 Å². The Labute approximate surface area is 135 Å². The maximum absolute atomic E-state index is 12.1. The second-order valence-electron chi connectivity index (χ2n) is 6.33. The molecule has 2 rings (SSSR count). The van der Waals surface area contributed by atoms with E-state index in [1.165, 1.54) is 0 Å². The molecule has 1 aromatic carbocycles. The number of ether oxygens (including phenoxy) is 2. The van der Waals surface area contributed by atoms with Crippen molar-refractivity contribution >= 4 is 5.97 Å². The van der Waals surface area contributed by atoms with Crippen molar-refractivity contribution in [1.29, 1.82) is 0 Å². The number of benzene rings is 1. The fraction of sp³-hybridized carbons (Fsp3) is 0.471. The van der Waals surface area contributed by atoms with Gasteiger partial charge >= 0.3 is 5.97 Å². The molecule has 0 fully saturated rings. The number of rotatable bonds is 5. The second kappa shape index (κ2) is 6.81. The van der Waals surface area contributed by atoms with E-state index >= 15 is 0 Å². The highest BCUT2D eigenvalue weighted by molar-refractivity contribution is 5.73. The van der Waals surface area contributed by atoms with Crippen molar-refractivity contribution in [3.8, 4) is 5.75 Å². The van der Waals surface area contributed by atoms with E-state index < -0.39 is 6.10 Å². The van der Waals surface area contributed by atoms with Crippen molar-refractivity contribution in [1.82, 2.24) is 10.1 Å². The van der Waals surface area contributed by atoms with E-state index in [1.54, 1.807) is 20.1 Å². The molecule has 0 aliphatic rings. The number of hydrogen-bond donors (Lipinski definition) is 0. The van der Waals surface area contributed by atoms with Crippen molar-refractivity contribution in [2.75, 3.05) is 7.11 Å². The molecule has 0 saturated heterocycles. The van der Waals surface area contributed by atoms with Crippen LogP contribution in [0.5, 0.6) is 5.75 Å². The molecule has 1 atom stereocenters. The molecular weight excluding hydrogens is 296 g/mol. The molecular formula is C17H22N2O4. The lowest BCUT2D eigenvalue weighted by Crippen LogP contribution is -2.15. The fourth-order valence-electron chi connectivity index (χ4n) is 2.00. The summed E-state index contributed by atoms with van der Waals surface area (Å²) in [5.74, 6) is 1.16. The zero-order chi connectivity index (χ0) is 17.0. The fourth-order valence-corrected chi connectivity index (χ4v) is 2.00. The molecule has 23 heavy (non-hydrogen) atoms. The van der Waals surface area contributed by atoms with Crippen LogP contribution < -0.4 is 4.74 Å². The third-order valence-electron chi connectivity index (χ3n) is 3.30. The third kappa shape index (κ3) is 4.31. The Kier molecular flexibility index (Phi) is 5.03. The first-order valence-electron chi connectivity index (χ1n) is 7.46. The number of carbonyl (C=O) groups is 1. The van der Waals surface area contributed by atoms with Crippen LogP contribution in [0.4, 0.5) is 0 Å². The highest BCUT2D eigenvalue weighted by Crippen LogP contribution is 2.23. The minimum Gasteiger partial charge on any atom is -0.496 e. The maximum Gasteiger partial charge on any atom is 0.311 e. The highest BCUT2D eigenvalue weighted by Gasteiger charge is 2.25. The number of nitrogens with zero attached hydrogens (tertiary/aromatic N) is 2. The molecule has 0 radical (unpaired) electrons. The Hall–Kier alpha value is -2.37. The highest BCUT2D eigenvalue weighted by atomic mass is 16.6. The quantitative estimate of drug-likeness (QED) is 0.788. The van der Waals surface area contributed by atoms with Gasteiger partial charge in [0.05, 0.1) is 13.5 Å². The summed E-state index contributed by atoms with van der Waals surface area (Å²) < 4.78 is 15.8. The molecule has 2 aromatic rings. The Bertz CT molecular complexity index is 673. The van der Waals surface area contributed by atoms with E-state index in [4.69, 9.17) is 14.0 Å². The molecule has 1 unspecified atom stereocenters. The molecule has 0 aliphatic carbocycles. The Morgan fingerprint density at radius 2 is 2.00 bits per heavy atom. The number of hydrogen-bond acceptors (Lipinski definition) is 6. The van der Waals surface area contributed by atoms with Gasteiger partial charge in [0.25, 0.3) is 5.89 Å². The van der Waals surface area contributed by atoms with Crippen LogP contribution in [0.3, 0.4) is 0 Å². The molecule has 0 bridgehead atoms. The third-order valence-corrected chi connectivity index (χ3v) is 3.30. The molecule has 6 heteroatoms. The molecule has 124 valence electrons. The lowest BCUT2D eigenvalue weighted by atomic mass is 9.96. The summed E-state index contributed by atoms with van der Waals surface area (Å²) in [6.07, 6.45) is -0.477. The van der Waals surface area contributed by atoms with Gasteiger partial charge in [0.2, 0.25) is 0 Å². The van der Waals surface area contributed by atoms with Gasteiger partial charge < -0.3 is 14.0 Å². The molecule has 0 aliphatic heterocycles. The van der Waals surface area contributed by atoms with Gasteiger partial charge in [0, 0.05) is 11.0 Å². The topological polar surface area (TPSA) is 74.5 Å². The lowest BCUT2D eigenvalue weighted by Gasteiger charge is -2.12. The minimum absolute atomic E-state index is 0.120. The maximum atomic E-state index is 12.1. The normalized spacial score (nSPS) is 12.7. The smallest absolute Gasteiger partial charge is 0.311 e. The van der Waals surface area contributed by atoms with Gasteiger partial charge in [-0.15, -0.1) is 0 Å². The van der Waals surface area contributed by atoms with Crippen LogP contribution in [0.1, 0.15) is 51.1 Å². The summed E-state index contributed by atoms with van der Waals surface area (Å²) in [4.78, 5) is 16.4. The van der Waals surface area contributed by atoms with Crippen molar-refractivity contribution in [2.45, 2.75) is 45.6 Å². The number of esters is 1. The average Bonchev–Trinajstić information content (AvgIpc) is 2.97. The van der Waals surface area contributed by atoms with Gasteiger partial charge in [-0.3, -0.25) is 4.79 Å². The van der Waals surface area contributed by atoms with Crippen LogP contribution in [-0.2, 0) is 21.4 Å². The summed E-state index contributed by atoms with van der Waals surface area (Å²) in [5.41, 5.74) is 0.552.